The number of Topliss-reactive ketones (excluding diaryl/α,β-unsaturated/α-hetero) is 1. The first-order valence-electron chi connectivity index (χ1n) is 11.0. The number of halogens is 3. The minimum Gasteiger partial charge on any atom is -0.508 e. The Morgan fingerprint density at radius 2 is 1.64 bits per heavy atom. The molecule has 1 aliphatic rings. The van der Waals surface area contributed by atoms with Crippen molar-refractivity contribution in [2.75, 3.05) is 4.90 Å². The molecule has 0 aromatic heterocycles. The topological polar surface area (TPSA) is 87.1 Å². The average Bonchev–Trinajstić information content (AvgIpc) is 3.08. The Kier molecular flexibility index (Phi) is 6.49. The number of phenolic OH excluding ortho intramolecular Hbond substituents is 1. The van der Waals surface area contributed by atoms with Crippen LogP contribution in [0.5, 0.6) is 11.5 Å². The summed E-state index contributed by atoms with van der Waals surface area (Å²) in [6.07, 6.45) is -4.74. The average molecular weight is 497 g/mol. The van der Waals surface area contributed by atoms with Crippen LogP contribution in [0.1, 0.15) is 36.6 Å². The van der Waals surface area contributed by atoms with E-state index in [0.29, 0.717) is 5.75 Å². The predicted octanol–water partition coefficient (Wildman–Crippen LogP) is 5.82. The van der Waals surface area contributed by atoms with E-state index in [0.717, 1.165) is 29.2 Å². The Balaban J connectivity index is 1.89. The number of aromatic hydroxyl groups is 1. The number of aliphatic hydroxyl groups is 1. The van der Waals surface area contributed by atoms with Crippen LogP contribution in [0.25, 0.3) is 5.76 Å². The standard InChI is InChI=1S/C27H22F3NO5/c1-15(2)36-21-8-4-6-17(14-21)24(33)22-23(16-5-3-7-20(32)13-16)31(26(35)25(22)34)19-11-9-18(10-12-19)27(28,29)30/h3-15,23,32-33H,1-2H3/b24-22+. The molecule has 1 atom stereocenters. The number of ether oxygens (including phenoxy) is 1. The molecule has 1 aliphatic heterocycles. The molecule has 9 heteroatoms. The monoisotopic (exact) mass is 497 g/mol. The van der Waals surface area contributed by atoms with Crippen LogP contribution >= 0.6 is 0 Å². The summed E-state index contributed by atoms with van der Waals surface area (Å²) in [7, 11) is 0. The molecule has 36 heavy (non-hydrogen) atoms. The van der Waals surface area contributed by atoms with Crippen LogP contribution in [-0.2, 0) is 15.8 Å². The molecule has 1 fully saturated rings. The van der Waals surface area contributed by atoms with Crippen molar-refractivity contribution >= 4 is 23.1 Å². The number of aliphatic hydroxyl groups excluding tert-OH is 1. The van der Waals surface area contributed by atoms with Crippen LogP contribution in [0.2, 0.25) is 0 Å². The van der Waals surface area contributed by atoms with Crippen molar-refractivity contribution in [2.24, 2.45) is 0 Å². The molecule has 186 valence electrons. The molecule has 1 heterocycles. The highest BCUT2D eigenvalue weighted by Gasteiger charge is 2.47. The first-order valence-corrected chi connectivity index (χ1v) is 11.0. The van der Waals surface area contributed by atoms with Crippen molar-refractivity contribution in [3.63, 3.8) is 0 Å². The largest absolute Gasteiger partial charge is 0.508 e. The van der Waals surface area contributed by atoms with Gasteiger partial charge in [-0.05, 0) is 67.9 Å². The Bertz CT molecular complexity index is 1350. The fraction of sp³-hybridized carbons (Fsp3) is 0.185. The van der Waals surface area contributed by atoms with Gasteiger partial charge in [-0.25, -0.2) is 0 Å². The molecule has 2 N–H and O–H groups in total. The van der Waals surface area contributed by atoms with Crippen LogP contribution < -0.4 is 9.64 Å². The highest BCUT2D eigenvalue weighted by atomic mass is 19.4. The van der Waals surface area contributed by atoms with Gasteiger partial charge in [0, 0.05) is 11.3 Å². The molecular weight excluding hydrogens is 475 g/mol. The number of hydrogen-bond acceptors (Lipinski definition) is 5. The van der Waals surface area contributed by atoms with E-state index in [2.05, 4.69) is 0 Å². The van der Waals surface area contributed by atoms with Gasteiger partial charge in [-0.2, -0.15) is 13.2 Å². The van der Waals surface area contributed by atoms with Gasteiger partial charge in [0.15, 0.2) is 0 Å². The Labute approximate surface area is 204 Å². The Morgan fingerprint density at radius 1 is 0.972 bits per heavy atom. The fourth-order valence-electron chi connectivity index (χ4n) is 4.06. The number of alkyl halides is 3. The quantitative estimate of drug-likeness (QED) is 0.263. The van der Waals surface area contributed by atoms with E-state index >= 15 is 0 Å². The second-order valence-electron chi connectivity index (χ2n) is 8.50. The number of carbonyl (C=O) groups is 2. The lowest BCUT2D eigenvalue weighted by Crippen LogP contribution is -2.29. The lowest BCUT2D eigenvalue weighted by molar-refractivity contribution is -0.137. The molecular formula is C27H22F3NO5. The second kappa shape index (κ2) is 9.41. The SMILES string of the molecule is CC(C)Oc1cccc(/C(O)=C2\C(=O)C(=O)N(c3ccc(C(F)(F)F)cc3)C2c2cccc(O)c2)c1. The minimum absolute atomic E-state index is 0.0226. The number of rotatable bonds is 5. The first kappa shape index (κ1) is 24.8. The summed E-state index contributed by atoms with van der Waals surface area (Å²) < 4.78 is 44.9. The molecule has 1 saturated heterocycles. The van der Waals surface area contributed by atoms with Gasteiger partial charge in [-0.3, -0.25) is 14.5 Å². The number of amides is 1. The third kappa shape index (κ3) is 4.77. The summed E-state index contributed by atoms with van der Waals surface area (Å²) >= 11 is 0. The molecule has 3 aromatic carbocycles. The van der Waals surface area contributed by atoms with Gasteiger partial charge in [-0.1, -0.05) is 24.3 Å². The number of ketones is 1. The lowest BCUT2D eigenvalue weighted by Gasteiger charge is -2.26. The summed E-state index contributed by atoms with van der Waals surface area (Å²) in [4.78, 5) is 27.3. The van der Waals surface area contributed by atoms with Gasteiger partial charge in [0.25, 0.3) is 11.7 Å². The highest BCUT2D eigenvalue weighted by Crippen LogP contribution is 2.43. The molecule has 4 rings (SSSR count). The third-order valence-corrected chi connectivity index (χ3v) is 5.58. The van der Waals surface area contributed by atoms with E-state index in [9.17, 15) is 33.0 Å². The van der Waals surface area contributed by atoms with Crippen LogP contribution in [0, 0.1) is 0 Å². The van der Waals surface area contributed by atoms with Crippen LogP contribution in [0.3, 0.4) is 0 Å². The summed E-state index contributed by atoms with van der Waals surface area (Å²) in [6.45, 7) is 3.65. The maximum atomic E-state index is 13.2. The van der Waals surface area contributed by atoms with E-state index in [1.807, 2.05) is 13.8 Å². The predicted molar refractivity (Wildman–Crippen MR) is 127 cm³/mol. The second-order valence-corrected chi connectivity index (χ2v) is 8.50. The smallest absolute Gasteiger partial charge is 0.416 e. The van der Waals surface area contributed by atoms with Gasteiger partial charge in [-0.15, -0.1) is 0 Å². The molecule has 0 saturated carbocycles. The van der Waals surface area contributed by atoms with Gasteiger partial charge in [0.05, 0.1) is 23.3 Å². The minimum atomic E-state index is -4.58. The summed E-state index contributed by atoms with van der Waals surface area (Å²) in [6, 6.07) is 14.7. The molecule has 0 radical (unpaired) electrons. The zero-order chi connectivity index (χ0) is 26.2. The number of phenols is 1. The van der Waals surface area contributed by atoms with Crippen molar-refractivity contribution in [1.29, 1.82) is 0 Å². The molecule has 6 nitrogen and oxygen atoms in total. The summed E-state index contributed by atoms with van der Waals surface area (Å²) in [5.41, 5.74) is -0.672. The zero-order valence-electron chi connectivity index (χ0n) is 19.3. The van der Waals surface area contributed by atoms with Gasteiger partial charge >= 0.3 is 6.18 Å². The number of nitrogens with zero attached hydrogens (tertiary/aromatic N) is 1. The van der Waals surface area contributed by atoms with Crippen molar-refractivity contribution in [1.82, 2.24) is 0 Å². The van der Waals surface area contributed by atoms with E-state index in [-0.39, 0.29) is 34.2 Å². The number of anilines is 1. The summed E-state index contributed by atoms with van der Waals surface area (Å²) in [5.74, 6) is -2.25. The normalized spacial score (nSPS) is 17.6. The molecule has 1 amide bonds. The maximum Gasteiger partial charge on any atom is 0.416 e. The van der Waals surface area contributed by atoms with E-state index in [1.165, 1.54) is 30.3 Å². The van der Waals surface area contributed by atoms with Crippen LogP contribution in [-0.4, -0.2) is 28.0 Å². The maximum absolute atomic E-state index is 13.2. The number of carbonyl (C=O) groups excluding carboxylic acids is 2. The Morgan fingerprint density at radius 3 is 2.25 bits per heavy atom. The molecule has 0 aliphatic carbocycles. The van der Waals surface area contributed by atoms with Gasteiger partial charge < -0.3 is 14.9 Å². The van der Waals surface area contributed by atoms with Crippen LogP contribution in [0.15, 0.2) is 78.4 Å². The van der Waals surface area contributed by atoms with Crippen molar-refractivity contribution in [3.8, 4) is 11.5 Å². The summed E-state index contributed by atoms with van der Waals surface area (Å²) in [5, 5.41) is 21.2. The zero-order valence-corrected chi connectivity index (χ0v) is 19.3. The molecule has 0 spiro atoms. The van der Waals surface area contributed by atoms with Crippen molar-refractivity contribution < 1.29 is 37.7 Å². The van der Waals surface area contributed by atoms with E-state index < -0.39 is 35.2 Å². The third-order valence-electron chi connectivity index (χ3n) is 5.58. The molecule has 1 unspecified atom stereocenters. The van der Waals surface area contributed by atoms with E-state index in [1.54, 1.807) is 18.2 Å². The first-order chi connectivity index (χ1) is 17.0. The van der Waals surface area contributed by atoms with Crippen LogP contribution in [0.4, 0.5) is 18.9 Å². The fourth-order valence-corrected chi connectivity index (χ4v) is 4.06. The molecule has 3 aromatic rings. The van der Waals surface area contributed by atoms with Gasteiger partial charge in [0.1, 0.15) is 17.3 Å². The highest BCUT2D eigenvalue weighted by molar-refractivity contribution is 6.51. The number of hydrogen-bond donors (Lipinski definition) is 2. The lowest BCUT2D eigenvalue weighted by atomic mass is 9.95. The van der Waals surface area contributed by atoms with E-state index in [4.69, 9.17) is 4.74 Å². The number of benzene rings is 3. The molecule has 0 bridgehead atoms. The van der Waals surface area contributed by atoms with Crippen molar-refractivity contribution in [2.45, 2.75) is 32.2 Å². The Hall–Kier alpha value is -4.27. The van der Waals surface area contributed by atoms with Gasteiger partial charge in [0.2, 0.25) is 0 Å². The van der Waals surface area contributed by atoms with Crippen molar-refractivity contribution in [3.05, 3.63) is 95.1 Å².